The quantitative estimate of drug-likeness (QED) is 0.357. The van der Waals surface area contributed by atoms with Crippen LogP contribution in [0.25, 0.3) is 22.2 Å². The van der Waals surface area contributed by atoms with Gasteiger partial charge in [0.2, 0.25) is 17.6 Å². The Balaban J connectivity index is 1.78. The molecule has 11 heteroatoms. The molecule has 39 heavy (non-hydrogen) atoms. The molecule has 0 spiro atoms. The highest BCUT2D eigenvalue weighted by atomic mass is 19.4. The molecular weight excluding hydrogens is 516 g/mol. The van der Waals surface area contributed by atoms with Gasteiger partial charge in [-0.05, 0) is 44.6 Å². The first-order chi connectivity index (χ1) is 18.4. The van der Waals surface area contributed by atoms with Gasteiger partial charge in [0.1, 0.15) is 5.67 Å². The zero-order chi connectivity index (χ0) is 28.4. The summed E-state index contributed by atoms with van der Waals surface area (Å²) in [6, 6.07) is 14.0. The molecule has 4 rings (SSSR count). The second kappa shape index (κ2) is 11.1. The molecule has 0 radical (unpaired) electrons. The van der Waals surface area contributed by atoms with Crippen LogP contribution < -0.4 is 16.6 Å². The number of nitrogens with one attached hydrogen (secondary N) is 1. The molecule has 1 aliphatic rings. The van der Waals surface area contributed by atoms with Gasteiger partial charge in [-0.1, -0.05) is 48.5 Å². The first kappa shape index (κ1) is 28.1. The van der Waals surface area contributed by atoms with Gasteiger partial charge in [0.05, 0.1) is 23.0 Å². The van der Waals surface area contributed by atoms with Crippen LogP contribution in [0.1, 0.15) is 44.1 Å². The van der Waals surface area contributed by atoms with Crippen LogP contribution >= 0.6 is 0 Å². The van der Waals surface area contributed by atoms with Crippen LogP contribution in [-0.2, 0) is 9.59 Å². The van der Waals surface area contributed by atoms with Gasteiger partial charge in [0, 0.05) is 17.4 Å². The summed E-state index contributed by atoms with van der Waals surface area (Å²) in [5, 5.41) is 2.83. The number of rotatable bonds is 9. The van der Waals surface area contributed by atoms with Crippen molar-refractivity contribution in [1.29, 1.82) is 0 Å². The fourth-order valence-corrected chi connectivity index (χ4v) is 4.91. The largest absolute Gasteiger partial charge is 0.389 e. The molecule has 1 heterocycles. The Bertz CT molecular complexity index is 1440. The number of primary amides is 1. The number of hydrogen-bond donors (Lipinski definition) is 2. The number of aromatic nitrogens is 2. The zero-order valence-corrected chi connectivity index (χ0v) is 21.2. The summed E-state index contributed by atoms with van der Waals surface area (Å²) >= 11 is 0. The van der Waals surface area contributed by atoms with E-state index in [-0.39, 0.29) is 12.8 Å². The number of fused-ring (bicyclic) bond motifs is 1. The van der Waals surface area contributed by atoms with Gasteiger partial charge in [0.15, 0.2) is 0 Å². The number of nitrogens with zero attached hydrogens (tertiary/aromatic N) is 2. The number of nitrogens with two attached hydrogens (primary N) is 1. The zero-order valence-electron chi connectivity index (χ0n) is 21.2. The predicted octanol–water partition coefficient (Wildman–Crippen LogP) is 5.25. The minimum atomic E-state index is -4.64. The summed E-state index contributed by atoms with van der Waals surface area (Å²) in [6.07, 6.45) is -6.51. The van der Waals surface area contributed by atoms with Crippen molar-refractivity contribution in [3.8, 4) is 11.3 Å². The molecule has 7 nitrogen and oxygen atoms in total. The Labute approximate surface area is 221 Å². The maximum absolute atomic E-state index is 15.0. The van der Waals surface area contributed by atoms with Crippen LogP contribution in [0, 0.1) is 18.8 Å². The van der Waals surface area contributed by atoms with Gasteiger partial charge in [0.25, 0.3) is 0 Å². The average molecular weight is 545 g/mol. The Kier molecular flexibility index (Phi) is 7.99. The summed E-state index contributed by atoms with van der Waals surface area (Å²) in [5.41, 5.74) is 4.69. The summed E-state index contributed by atoms with van der Waals surface area (Å²) in [4.78, 5) is 47.3. The number of aryl methyl sites for hydroxylation is 1. The van der Waals surface area contributed by atoms with Gasteiger partial charge >= 0.3 is 11.7 Å². The van der Waals surface area contributed by atoms with Crippen molar-refractivity contribution in [2.45, 2.75) is 57.3 Å². The molecule has 206 valence electrons. The predicted molar refractivity (Wildman–Crippen MR) is 138 cm³/mol. The third-order valence-electron chi connectivity index (χ3n) is 7.18. The van der Waals surface area contributed by atoms with E-state index in [1.165, 1.54) is 0 Å². The number of anilines is 1. The number of alkyl halides is 4. The lowest BCUT2D eigenvalue weighted by atomic mass is 9.71. The van der Waals surface area contributed by atoms with Crippen LogP contribution in [0.2, 0.25) is 0 Å². The number of halogens is 4. The molecular formula is C28H28F4N4O3. The first-order valence-electron chi connectivity index (χ1n) is 12.6. The highest BCUT2D eigenvalue weighted by Gasteiger charge is 2.45. The number of para-hydroxylation sites is 1. The molecule has 3 N–H and O–H groups in total. The van der Waals surface area contributed by atoms with Crippen molar-refractivity contribution in [2.75, 3.05) is 5.32 Å². The van der Waals surface area contributed by atoms with E-state index in [1.807, 2.05) is 0 Å². The fraction of sp³-hybridized carbons (Fsp3) is 0.393. The maximum Gasteiger partial charge on any atom is 0.389 e. The van der Waals surface area contributed by atoms with E-state index in [9.17, 15) is 31.9 Å². The van der Waals surface area contributed by atoms with Crippen molar-refractivity contribution < 1.29 is 27.2 Å². The van der Waals surface area contributed by atoms with Crippen molar-refractivity contribution in [1.82, 2.24) is 9.97 Å². The Morgan fingerprint density at radius 1 is 1.05 bits per heavy atom. The molecule has 1 aliphatic carbocycles. The van der Waals surface area contributed by atoms with Gasteiger partial charge in [-0.2, -0.15) is 13.2 Å². The van der Waals surface area contributed by atoms with E-state index in [4.69, 9.17) is 5.73 Å². The van der Waals surface area contributed by atoms with Crippen LogP contribution in [0.15, 0.2) is 53.3 Å². The van der Waals surface area contributed by atoms with Crippen LogP contribution in [-0.4, -0.2) is 33.6 Å². The molecule has 2 atom stereocenters. The third-order valence-corrected chi connectivity index (χ3v) is 7.18. The van der Waals surface area contributed by atoms with E-state index >= 15 is 0 Å². The van der Waals surface area contributed by atoms with Crippen molar-refractivity contribution in [3.63, 3.8) is 0 Å². The average Bonchev–Trinajstić information content (AvgIpc) is 2.99. The number of hydrogen-bond acceptors (Lipinski definition) is 5. The molecule has 0 aliphatic heterocycles. The Hall–Kier alpha value is -3.89. The molecule has 2 aromatic carbocycles. The third kappa shape index (κ3) is 6.58. The first-order valence-corrected chi connectivity index (χ1v) is 12.6. The topological polar surface area (TPSA) is 115 Å². The van der Waals surface area contributed by atoms with E-state index in [2.05, 4.69) is 15.3 Å². The lowest BCUT2D eigenvalue weighted by molar-refractivity contribution is -0.145. The second-order valence-electron chi connectivity index (χ2n) is 10.0. The van der Waals surface area contributed by atoms with E-state index in [0.29, 0.717) is 34.1 Å². The van der Waals surface area contributed by atoms with Crippen molar-refractivity contribution >= 4 is 28.5 Å². The molecule has 1 saturated carbocycles. The number of benzene rings is 2. The van der Waals surface area contributed by atoms with E-state index in [0.717, 1.165) is 0 Å². The highest BCUT2D eigenvalue weighted by Crippen LogP contribution is 2.43. The summed E-state index contributed by atoms with van der Waals surface area (Å²) < 4.78 is 54.4. The SMILES string of the molecule is Cc1cccc2c(-c3ccccc3)nc(NC(=O)[C@H](CCC(F)(F)F)[C@H](CC3(F)CCC3)C(N)=O)c(=O)nc12. The lowest BCUT2D eigenvalue weighted by Gasteiger charge is -2.37. The molecule has 2 amide bonds. The van der Waals surface area contributed by atoms with E-state index in [1.54, 1.807) is 55.5 Å². The fourth-order valence-electron chi connectivity index (χ4n) is 4.91. The standard InChI is InChI=1S/C28H28F4N4O3/c1-16-7-5-10-19-21(16)35-26(39)24(34-22(19)17-8-3-2-4-9-17)36-25(38)18(11-14-28(30,31)32)20(23(33)37)15-27(29)12-6-13-27/h2-5,7-10,18,20H,6,11-15H2,1H3,(H2,33,37)(H,34,35,36,38,39)/t18-,20+/m1/s1. The number of amides is 2. The molecule has 0 bridgehead atoms. The van der Waals surface area contributed by atoms with Crippen LogP contribution in [0.5, 0.6) is 0 Å². The van der Waals surface area contributed by atoms with Crippen LogP contribution in [0.4, 0.5) is 23.4 Å². The minimum Gasteiger partial charge on any atom is -0.369 e. The summed E-state index contributed by atoms with van der Waals surface area (Å²) in [6.45, 7) is 1.75. The minimum absolute atomic E-state index is 0.126. The van der Waals surface area contributed by atoms with E-state index < -0.39 is 66.1 Å². The normalized spacial score (nSPS) is 16.2. The van der Waals surface area contributed by atoms with Gasteiger partial charge in [-0.25, -0.2) is 14.4 Å². The Morgan fingerprint density at radius 2 is 1.74 bits per heavy atom. The molecule has 0 unspecified atom stereocenters. The van der Waals surface area contributed by atoms with Crippen molar-refractivity contribution in [2.24, 2.45) is 17.6 Å². The number of carbonyl (C=O) groups is 2. The highest BCUT2D eigenvalue weighted by molar-refractivity contribution is 5.97. The molecule has 1 aromatic heterocycles. The van der Waals surface area contributed by atoms with Gasteiger partial charge in [-0.15, -0.1) is 0 Å². The van der Waals surface area contributed by atoms with Gasteiger partial charge < -0.3 is 11.1 Å². The summed E-state index contributed by atoms with van der Waals surface area (Å²) in [7, 11) is 0. The maximum atomic E-state index is 15.0. The van der Waals surface area contributed by atoms with Crippen LogP contribution in [0.3, 0.4) is 0 Å². The lowest BCUT2D eigenvalue weighted by Crippen LogP contribution is -2.44. The smallest absolute Gasteiger partial charge is 0.369 e. The monoisotopic (exact) mass is 544 g/mol. The van der Waals surface area contributed by atoms with Crippen molar-refractivity contribution in [3.05, 3.63) is 64.4 Å². The molecule has 0 saturated heterocycles. The number of carbonyl (C=O) groups excluding carboxylic acids is 2. The molecule has 1 fully saturated rings. The molecule has 3 aromatic rings. The second-order valence-corrected chi connectivity index (χ2v) is 10.0. The Morgan fingerprint density at radius 3 is 2.33 bits per heavy atom. The summed E-state index contributed by atoms with van der Waals surface area (Å²) in [5.74, 6) is -5.83. The van der Waals surface area contributed by atoms with Gasteiger partial charge in [-0.3, -0.25) is 14.4 Å².